The normalized spacial score (nSPS) is 11.2. The minimum absolute atomic E-state index is 0.236. The molecule has 0 aromatic carbocycles. The topological polar surface area (TPSA) is 29.5 Å². The summed E-state index contributed by atoms with van der Waals surface area (Å²) in [5.41, 5.74) is 0. The molecule has 0 rings (SSSR count). The average Bonchev–Trinajstić information content (AvgIpc) is 2.24. The van der Waals surface area contributed by atoms with E-state index in [0.29, 0.717) is 6.61 Å². The molecule has 0 unspecified atom stereocenters. The molecule has 0 aliphatic heterocycles. The fraction of sp³-hybridized carbons (Fsp3) is 0.750. The lowest BCUT2D eigenvalue weighted by molar-refractivity contribution is -0.137. The van der Waals surface area contributed by atoms with E-state index in [9.17, 15) is 4.79 Å². The number of ether oxygens (including phenoxy) is 1. The summed E-state index contributed by atoms with van der Waals surface area (Å²) in [6.07, 6.45) is 5.17. The number of nitrogens with zero attached hydrogens (tertiary/aromatic N) is 1. The van der Waals surface area contributed by atoms with Gasteiger partial charge in [-0.25, -0.2) is 4.79 Å². The van der Waals surface area contributed by atoms with Crippen LogP contribution in [-0.4, -0.2) is 37.1 Å². The van der Waals surface area contributed by atoms with Crippen LogP contribution in [0.25, 0.3) is 0 Å². The van der Waals surface area contributed by atoms with Gasteiger partial charge in [-0.05, 0) is 39.4 Å². The van der Waals surface area contributed by atoms with Crippen LogP contribution in [0.1, 0.15) is 33.6 Å². The van der Waals surface area contributed by atoms with Gasteiger partial charge in [-0.2, -0.15) is 0 Å². The Morgan fingerprint density at radius 2 is 1.93 bits per heavy atom. The molecule has 0 atom stereocenters. The van der Waals surface area contributed by atoms with Crippen molar-refractivity contribution >= 4 is 5.97 Å². The van der Waals surface area contributed by atoms with Gasteiger partial charge in [0.2, 0.25) is 0 Å². The van der Waals surface area contributed by atoms with Crippen molar-refractivity contribution in [1.29, 1.82) is 0 Å². The van der Waals surface area contributed by atoms with Gasteiger partial charge >= 0.3 is 5.97 Å². The average molecular weight is 213 g/mol. The van der Waals surface area contributed by atoms with E-state index in [1.54, 1.807) is 6.08 Å². The van der Waals surface area contributed by atoms with Crippen molar-refractivity contribution < 1.29 is 9.53 Å². The Kier molecular flexibility index (Phi) is 9.18. The molecule has 0 saturated heterocycles. The number of hydrogen-bond donors (Lipinski definition) is 0. The number of unbranched alkanes of at least 4 members (excludes halogenated alkanes) is 1. The van der Waals surface area contributed by atoms with Crippen LogP contribution in [0.3, 0.4) is 0 Å². The first-order chi connectivity index (χ1) is 7.24. The quantitative estimate of drug-likeness (QED) is 0.352. The van der Waals surface area contributed by atoms with Gasteiger partial charge in [0.25, 0.3) is 0 Å². The SMILES string of the molecule is CC=CC(=O)OCCCCN(CC)CC. The van der Waals surface area contributed by atoms with Crippen molar-refractivity contribution in [3.63, 3.8) is 0 Å². The van der Waals surface area contributed by atoms with Crippen molar-refractivity contribution in [3.8, 4) is 0 Å². The third-order valence-electron chi connectivity index (χ3n) is 2.31. The molecular weight excluding hydrogens is 190 g/mol. The molecule has 0 saturated carbocycles. The number of rotatable bonds is 8. The van der Waals surface area contributed by atoms with Crippen molar-refractivity contribution in [2.24, 2.45) is 0 Å². The predicted octanol–water partition coefficient (Wildman–Crippen LogP) is 2.23. The number of esters is 1. The molecule has 0 fully saturated rings. The zero-order valence-electron chi connectivity index (χ0n) is 10.2. The fourth-order valence-corrected chi connectivity index (χ4v) is 1.33. The second kappa shape index (κ2) is 9.71. The minimum atomic E-state index is -0.236. The smallest absolute Gasteiger partial charge is 0.330 e. The minimum Gasteiger partial charge on any atom is -0.463 e. The van der Waals surface area contributed by atoms with E-state index in [1.807, 2.05) is 6.92 Å². The Morgan fingerprint density at radius 1 is 1.27 bits per heavy atom. The maximum absolute atomic E-state index is 10.9. The molecule has 0 aliphatic rings. The molecule has 0 heterocycles. The molecule has 0 aliphatic carbocycles. The monoisotopic (exact) mass is 213 g/mol. The van der Waals surface area contributed by atoms with Gasteiger partial charge in [-0.1, -0.05) is 19.9 Å². The van der Waals surface area contributed by atoms with Crippen molar-refractivity contribution in [2.75, 3.05) is 26.2 Å². The molecule has 0 aromatic heterocycles. The van der Waals surface area contributed by atoms with E-state index in [0.717, 1.165) is 32.5 Å². The molecule has 3 nitrogen and oxygen atoms in total. The van der Waals surface area contributed by atoms with E-state index >= 15 is 0 Å². The largest absolute Gasteiger partial charge is 0.463 e. The molecule has 0 spiro atoms. The number of carbonyl (C=O) groups excluding carboxylic acids is 1. The van der Waals surface area contributed by atoms with Gasteiger partial charge in [-0.3, -0.25) is 0 Å². The maximum atomic E-state index is 10.9. The summed E-state index contributed by atoms with van der Waals surface area (Å²) < 4.78 is 4.99. The Bertz CT molecular complexity index is 186. The summed E-state index contributed by atoms with van der Waals surface area (Å²) in [4.78, 5) is 13.3. The van der Waals surface area contributed by atoms with Gasteiger partial charge < -0.3 is 9.64 Å². The number of carbonyl (C=O) groups is 1. The second-order valence-corrected chi connectivity index (χ2v) is 3.40. The Labute approximate surface area is 93.1 Å². The summed E-state index contributed by atoms with van der Waals surface area (Å²) in [6.45, 7) is 9.94. The first-order valence-electron chi connectivity index (χ1n) is 5.76. The molecule has 0 bridgehead atoms. The zero-order chi connectivity index (χ0) is 11.5. The number of allylic oxidation sites excluding steroid dienone is 1. The summed E-state index contributed by atoms with van der Waals surface area (Å²) in [7, 11) is 0. The van der Waals surface area contributed by atoms with E-state index in [4.69, 9.17) is 4.74 Å². The highest BCUT2D eigenvalue weighted by atomic mass is 16.5. The van der Waals surface area contributed by atoms with Gasteiger partial charge in [0.05, 0.1) is 6.61 Å². The summed E-state index contributed by atoms with van der Waals surface area (Å²) in [5, 5.41) is 0. The molecular formula is C12H23NO2. The summed E-state index contributed by atoms with van der Waals surface area (Å²) in [6, 6.07) is 0. The summed E-state index contributed by atoms with van der Waals surface area (Å²) >= 11 is 0. The van der Waals surface area contributed by atoms with Crippen LogP contribution in [-0.2, 0) is 9.53 Å². The molecule has 0 aromatic rings. The summed E-state index contributed by atoms with van der Waals surface area (Å²) in [5.74, 6) is -0.236. The van der Waals surface area contributed by atoms with Crippen molar-refractivity contribution in [2.45, 2.75) is 33.6 Å². The molecule has 0 radical (unpaired) electrons. The van der Waals surface area contributed by atoms with Gasteiger partial charge in [0, 0.05) is 6.08 Å². The van der Waals surface area contributed by atoms with Gasteiger partial charge in [0.1, 0.15) is 0 Å². The standard InChI is InChI=1S/C12H23NO2/c1-4-9-12(14)15-11-8-7-10-13(5-2)6-3/h4,9H,5-8,10-11H2,1-3H3. The highest BCUT2D eigenvalue weighted by Crippen LogP contribution is 1.96. The van der Waals surface area contributed by atoms with Gasteiger partial charge in [0.15, 0.2) is 0 Å². The lowest BCUT2D eigenvalue weighted by Crippen LogP contribution is -2.24. The van der Waals surface area contributed by atoms with Crippen LogP contribution in [0.5, 0.6) is 0 Å². The molecule has 3 heteroatoms. The maximum Gasteiger partial charge on any atom is 0.330 e. The van der Waals surface area contributed by atoms with Crippen LogP contribution >= 0.6 is 0 Å². The molecule has 88 valence electrons. The van der Waals surface area contributed by atoms with E-state index in [-0.39, 0.29) is 5.97 Å². The molecule has 0 N–H and O–H groups in total. The zero-order valence-corrected chi connectivity index (χ0v) is 10.2. The highest BCUT2D eigenvalue weighted by Gasteiger charge is 1.99. The van der Waals surface area contributed by atoms with E-state index in [1.165, 1.54) is 6.08 Å². The lowest BCUT2D eigenvalue weighted by atomic mass is 10.3. The van der Waals surface area contributed by atoms with E-state index < -0.39 is 0 Å². The lowest BCUT2D eigenvalue weighted by Gasteiger charge is -2.17. The Hall–Kier alpha value is -0.830. The third-order valence-corrected chi connectivity index (χ3v) is 2.31. The predicted molar refractivity (Wildman–Crippen MR) is 62.8 cm³/mol. The number of hydrogen-bond acceptors (Lipinski definition) is 3. The fourth-order valence-electron chi connectivity index (χ4n) is 1.33. The van der Waals surface area contributed by atoms with Crippen molar-refractivity contribution in [1.82, 2.24) is 4.90 Å². The third kappa shape index (κ3) is 8.18. The van der Waals surface area contributed by atoms with Gasteiger partial charge in [-0.15, -0.1) is 0 Å². The molecule has 15 heavy (non-hydrogen) atoms. The van der Waals surface area contributed by atoms with Crippen LogP contribution in [0.15, 0.2) is 12.2 Å². The first kappa shape index (κ1) is 14.2. The highest BCUT2D eigenvalue weighted by molar-refractivity contribution is 5.81. The molecule has 0 amide bonds. The van der Waals surface area contributed by atoms with E-state index in [2.05, 4.69) is 18.7 Å². The Balaban J connectivity index is 3.35. The van der Waals surface area contributed by atoms with Crippen LogP contribution < -0.4 is 0 Å². The van der Waals surface area contributed by atoms with Crippen LogP contribution in [0, 0.1) is 0 Å². The van der Waals surface area contributed by atoms with Crippen molar-refractivity contribution in [3.05, 3.63) is 12.2 Å². The van der Waals surface area contributed by atoms with Crippen LogP contribution in [0.4, 0.5) is 0 Å². The first-order valence-corrected chi connectivity index (χ1v) is 5.76. The van der Waals surface area contributed by atoms with Crippen LogP contribution in [0.2, 0.25) is 0 Å². The Morgan fingerprint density at radius 3 is 2.47 bits per heavy atom. The second-order valence-electron chi connectivity index (χ2n) is 3.40.